The molecule has 0 rings (SSSR count). The van der Waals surface area contributed by atoms with Crippen molar-refractivity contribution >= 4 is 13.8 Å². The molecule has 0 aliphatic carbocycles. The van der Waals surface area contributed by atoms with Crippen LogP contribution < -0.4 is 0 Å². The van der Waals surface area contributed by atoms with Gasteiger partial charge in [-0.2, -0.15) is 26.3 Å². The second-order valence-electron chi connectivity index (χ2n) is 3.07. The molecule has 0 unspecified atom stereocenters. The zero-order valence-electron chi connectivity index (χ0n) is 9.79. The van der Waals surface area contributed by atoms with E-state index in [-0.39, 0.29) is 0 Å². The van der Waals surface area contributed by atoms with Crippen LogP contribution in [-0.4, -0.2) is 45.3 Å². The van der Waals surface area contributed by atoms with Crippen molar-refractivity contribution in [3.63, 3.8) is 0 Å². The Labute approximate surface area is 108 Å². The first-order valence-corrected chi connectivity index (χ1v) is 6.07. The minimum Gasteiger partial charge on any atom is -0.467 e. The Balaban J connectivity index is 4.66. The summed E-state index contributed by atoms with van der Waals surface area (Å²) in [5.74, 6) is -1.20. The average Bonchev–Trinajstić information content (AvgIpc) is 2.30. The van der Waals surface area contributed by atoms with Crippen molar-refractivity contribution in [3.8, 4) is 0 Å². The van der Waals surface area contributed by atoms with Gasteiger partial charge in [0.05, 0.1) is 7.11 Å². The lowest BCUT2D eigenvalue weighted by molar-refractivity contribution is -0.171. The number of esters is 1. The zero-order valence-corrected chi connectivity index (χ0v) is 10.7. The van der Waals surface area contributed by atoms with Crippen LogP contribution in [0.2, 0.25) is 0 Å². The molecule has 0 spiro atoms. The van der Waals surface area contributed by atoms with Gasteiger partial charge in [0.15, 0.2) is 19.8 Å². The quantitative estimate of drug-likeness (QED) is 0.405. The molecule has 0 bridgehead atoms. The summed E-state index contributed by atoms with van der Waals surface area (Å²) in [5.41, 5.74) is 0. The van der Waals surface area contributed by atoms with Crippen LogP contribution in [0.3, 0.4) is 0 Å². The SMILES string of the molecule is COC(=O)COP(=O)(OCC(F)(F)F)OCC(F)(F)F. The molecule has 0 saturated carbocycles. The summed E-state index contributed by atoms with van der Waals surface area (Å²) in [4.78, 5) is 10.6. The molecule has 0 amide bonds. The molecule has 0 aromatic carbocycles. The van der Waals surface area contributed by atoms with Gasteiger partial charge in [-0.1, -0.05) is 0 Å². The van der Waals surface area contributed by atoms with Crippen LogP contribution in [-0.2, 0) is 27.7 Å². The molecule has 0 aromatic heterocycles. The van der Waals surface area contributed by atoms with E-state index >= 15 is 0 Å². The molecule has 0 aliphatic heterocycles. The monoisotopic (exact) mass is 334 g/mol. The third-order valence-corrected chi connectivity index (χ3v) is 2.68. The fourth-order valence-corrected chi connectivity index (χ4v) is 1.70. The van der Waals surface area contributed by atoms with E-state index < -0.39 is 46.0 Å². The summed E-state index contributed by atoms with van der Waals surface area (Å²) in [6.45, 7) is -5.56. The molecule has 0 fully saturated rings. The van der Waals surface area contributed by atoms with Crippen molar-refractivity contribution in [3.05, 3.63) is 0 Å². The van der Waals surface area contributed by atoms with Crippen LogP contribution >= 0.6 is 7.82 Å². The fraction of sp³-hybridized carbons (Fsp3) is 0.857. The van der Waals surface area contributed by atoms with Gasteiger partial charge in [-0.15, -0.1) is 0 Å². The number of rotatable bonds is 7. The van der Waals surface area contributed by atoms with E-state index in [2.05, 4.69) is 18.3 Å². The highest BCUT2D eigenvalue weighted by molar-refractivity contribution is 7.48. The molecule has 0 aliphatic rings. The molecule has 0 saturated heterocycles. The first-order chi connectivity index (χ1) is 8.87. The van der Waals surface area contributed by atoms with Crippen LogP contribution in [0.4, 0.5) is 26.3 Å². The summed E-state index contributed by atoms with van der Waals surface area (Å²) in [5, 5.41) is 0. The summed E-state index contributed by atoms with van der Waals surface area (Å²) in [6, 6.07) is 0. The number of carbonyl (C=O) groups excluding carboxylic acids is 1. The molecule has 0 radical (unpaired) electrons. The molecule has 0 heterocycles. The highest BCUT2D eigenvalue weighted by Gasteiger charge is 2.40. The third kappa shape index (κ3) is 10.0. The van der Waals surface area contributed by atoms with Gasteiger partial charge < -0.3 is 4.74 Å². The minimum atomic E-state index is -5.22. The maximum Gasteiger partial charge on any atom is 0.475 e. The predicted molar refractivity (Wildman–Crippen MR) is 49.6 cm³/mol. The third-order valence-electron chi connectivity index (χ3n) is 1.34. The number of phosphoric ester groups is 1. The van der Waals surface area contributed by atoms with Gasteiger partial charge in [0, 0.05) is 0 Å². The first kappa shape index (κ1) is 19.2. The van der Waals surface area contributed by atoms with E-state index in [4.69, 9.17) is 0 Å². The first-order valence-electron chi connectivity index (χ1n) is 4.61. The number of ether oxygens (including phenoxy) is 1. The number of halogens is 6. The standard InChI is InChI=1S/C7H9F6O6P/c1-16-5(14)2-17-20(15,18-3-6(8,9)10)19-4-7(11,12)13/h2-4H2,1H3. The number of hydrogen-bond donors (Lipinski definition) is 0. The second-order valence-corrected chi connectivity index (χ2v) is 4.74. The average molecular weight is 334 g/mol. The smallest absolute Gasteiger partial charge is 0.467 e. The van der Waals surface area contributed by atoms with Crippen LogP contribution in [0.25, 0.3) is 0 Å². The number of alkyl halides is 6. The van der Waals surface area contributed by atoms with Crippen molar-refractivity contribution in [1.82, 2.24) is 0 Å². The van der Waals surface area contributed by atoms with Gasteiger partial charge in [0.25, 0.3) is 0 Å². The maximum absolute atomic E-state index is 11.9. The van der Waals surface area contributed by atoms with Gasteiger partial charge in [-0.3, -0.25) is 13.6 Å². The van der Waals surface area contributed by atoms with Crippen LogP contribution in [0.1, 0.15) is 0 Å². The van der Waals surface area contributed by atoms with Crippen molar-refractivity contribution in [2.45, 2.75) is 12.4 Å². The van der Waals surface area contributed by atoms with Gasteiger partial charge >= 0.3 is 26.1 Å². The molecule has 6 nitrogen and oxygen atoms in total. The number of carbonyl (C=O) groups is 1. The maximum atomic E-state index is 11.9. The van der Waals surface area contributed by atoms with Crippen molar-refractivity contribution < 1.29 is 54.0 Å². The van der Waals surface area contributed by atoms with E-state index in [9.17, 15) is 35.7 Å². The lowest BCUT2D eigenvalue weighted by Crippen LogP contribution is -2.21. The van der Waals surface area contributed by atoms with Crippen LogP contribution in [0.15, 0.2) is 0 Å². The molecule has 0 atom stereocenters. The largest absolute Gasteiger partial charge is 0.475 e. The number of phosphoric acid groups is 1. The molecule has 0 N–H and O–H groups in total. The highest BCUT2D eigenvalue weighted by atomic mass is 31.2. The highest BCUT2D eigenvalue weighted by Crippen LogP contribution is 2.51. The van der Waals surface area contributed by atoms with E-state index in [0.717, 1.165) is 7.11 Å². The minimum absolute atomic E-state index is 0.865. The van der Waals surface area contributed by atoms with Crippen LogP contribution in [0.5, 0.6) is 0 Å². The van der Waals surface area contributed by atoms with Crippen molar-refractivity contribution in [2.24, 2.45) is 0 Å². The Morgan fingerprint density at radius 1 is 0.950 bits per heavy atom. The molecule has 20 heavy (non-hydrogen) atoms. The Morgan fingerprint density at radius 2 is 1.35 bits per heavy atom. The lowest BCUT2D eigenvalue weighted by atomic mass is 10.7. The lowest BCUT2D eigenvalue weighted by Gasteiger charge is -2.19. The summed E-state index contributed by atoms with van der Waals surface area (Å²) >= 11 is 0. The summed E-state index contributed by atoms with van der Waals surface area (Å²) in [6.07, 6.45) is -9.96. The Kier molecular flexibility index (Phi) is 6.94. The van der Waals surface area contributed by atoms with E-state index in [1.165, 1.54) is 0 Å². The summed E-state index contributed by atoms with van der Waals surface area (Å²) < 4.78 is 97.9. The molecular weight excluding hydrogens is 325 g/mol. The van der Waals surface area contributed by atoms with Crippen molar-refractivity contribution in [2.75, 3.05) is 26.9 Å². The molecule has 0 aromatic rings. The van der Waals surface area contributed by atoms with E-state index in [1.807, 2.05) is 0 Å². The predicted octanol–water partition coefficient (Wildman–Crippen LogP) is 2.44. The van der Waals surface area contributed by atoms with Gasteiger partial charge in [-0.05, 0) is 0 Å². The Morgan fingerprint density at radius 3 is 1.65 bits per heavy atom. The van der Waals surface area contributed by atoms with Gasteiger partial charge in [0.1, 0.15) is 0 Å². The van der Waals surface area contributed by atoms with E-state index in [0.29, 0.717) is 0 Å². The van der Waals surface area contributed by atoms with E-state index in [1.54, 1.807) is 0 Å². The number of hydrogen-bond acceptors (Lipinski definition) is 6. The van der Waals surface area contributed by atoms with Crippen molar-refractivity contribution in [1.29, 1.82) is 0 Å². The normalized spacial score (nSPS) is 13.3. The topological polar surface area (TPSA) is 71.1 Å². The second kappa shape index (κ2) is 7.25. The molecule has 13 heteroatoms. The van der Waals surface area contributed by atoms with Crippen LogP contribution in [0, 0.1) is 0 Å². The fourth-order valence-electron chi connectivity index (χ4n) is 0.607. The molecule has 120 valence electrons. The van der Waals surface area contributed by atoms with Gasteiger partial charge in [0.2, 0.25) is 0 Å². The molecular formula is C7H9F6O6P. The van der Waals surface area contributed by atoms with Gasteiger partial charge in [-0.25, -0.2) is 9.36 Å². The Bertz CT molecular complexity index is 344. The summed E-state index contributed by atoms with van der Waals surface area (Å²) in [7, 11) is -4.36. The number of methoxy groups -OCH3 is 1. The zero-order chi connectivity index (χ0) is 16.0. The Hall–Kier alpha value is -0.840.